The summed E-state index contributed by atoms with van der Waals surface area (Å²) in [4.78, 5) is 9.87. The van der Waals surface area contributed by atoms with E-state index in [9.17, 15) is 10.1 Å². The second-order valence-electron chi connectivity index (χ2n) is 2.19. The molecule has 6 heteroatoms. The van der Waals surface area contributed by atoms with E-state index in [4.69, 9.17) is 10.5 Å². The molecular formula is C7H9ClN2O3. The fraction of sp³-hybridized carbons (Fsp3) is 0.143. The van der Waals surface area contributed by atoms with Crippen molar-refractivity contribution in [2.45, 2.75) is 0 Å². The van der Waals surface area contributed by atoms with E-state index in [1.165, 1.54) is 19.2 Å². The first-order chi connectivity index (χ1) is 5.65. The summed E-state index contributed by atoms with van der Waals surface area (Å²) in [5.41, 5.74) is 5.60. The van der Waals surface area contributed by atoms with Crippen LogP contribution in [0.25, 0.3) is 0 Å². The van der Waals surface area contributed by atoms with Crippen LogP contribution in [-0.2, 0) is 0 Å². The van der Waals surface area contributed by atoms with E-state index in [1.807, 2.05) is 0 Å². The fourth-order valence-corrected chi connectivity index (χ4v) is 0.850. The number of benzene rings is 1. The molecule has 0 spiro atoms. The lowest BCUT2D eigenvalue weighted by molar-refractivity contribution is -0.385. The summed E-state index contributed by atoms with van der Waals surface area (Å²) in [7, 11) is 1.37. The van der Waals surface area contributed by atoms with Gasteiger partial charge in [0.2, 0.25) is 0 Å². The summed E-state index contributed by atoms with van der Waals surface area (Å²) < 4.78 is 4.76. The van der Waals surface area contributed by atoms with Crippen molar-refractivity contribution in [3.05, 3.63) is 28.3 Å². The van der Waals surface area contributed by atoms with Gasteiger partial charge in [-0.05, 0) is 12.1 Å². The molecule has 0 bridgehead atoms. The molecule has 0 aliphatic carbocycles. The van der Waals surface area contributed by atoms with Crippen LogP contribution in [0.2, 0.25) is 0 Å². The second-order valence-corrected chi connectivity index (χ2v) is 2.19. The third kappa shape index (κ3) is 2.48. The third-order valence-electron chi connectivity index (χ3n) is 1.40. The molecule has 5 nitrogen and oxygen atoms in total. The van der Waals surface area contributed by atoms with Crippen LogP contribution >= 0.6 is 12.4 Å². The number of nitrogens with zero attached hydrogens (tertiary/aromatic N) is 1. The zero-order valence-electron chi connectivity index (χ0n) is 6.89. The van der Waals surface area contributed by atoms with Crippen molar-refractivity contribution < 1.29 is 9.66 Å². The first-order valence-electron chi connectivity index (χ1n) is 3.23. The number of hydrogen-bond donors (Lipinski definition) is 1. The molecule has 0 saturated heterocycles. The molecule has 0 amide bonds. The minimum Gasteiger partial charge on any atom is -0.490 e. The first kappa shape index (κ1) is 11.5. The van der Waals surface area contributed by atoms with Gasteiger partial charge in [-0.1, -0.05) is 0 Å². The maximum atomic E-state index is 10.4. The number of nitrogen functional groups attached to an aromatic ring is 1. The highest BCUT2D eigenvalue weighted by Gasteiger charge is 2.13. The van der Waals surface area contributed by atoms with Gasteiger partial charge in [-0.3, -0.25) is 10.1 Å². The van der Waals surface area contributed by atoms with Gasteiger partial charge in [-0.15, -0.1) is 12.4 Å². The van der Waals surface area contributed by atoms with Crippen LogP contribution in [-0.4, -0.2) is 12.0 Å². The van der Waals surface area contributed by atoms with E-state index in [0.29, 0.717) is 5.69 Å². The lowest BCUT2D eigenvalue weighted by Crippen LogP contribution is -1.95. The Morgan fingerprint density at radius 3 is 2.62 bits per heavy atom. The van der Waals surface area contributed by atoms with Gasteiger partial charge < -0.3 is 10.5 Å². The summed E-state index contributed by atoms with van der Waals surface area (Å²) in [6.45, 7) is 0. The van der Waals surface area contributed by atoms with Gasteiger partial charge in [-0.2, -0.15) is 0 Å². The van der Waals surface area contributed by atoms with Gasteiger partial charge >= 0.3 is 5.69 Å². The molecular weight excluding hydrogens is 196 g/mol. The molecule has 0 saturated carbocycles. The maximum absolute atomic E-state index is 10.4. The smallest absolute Gasteiger partial charge is 0.312 e. The van der Waals surface area contributed by atoms with E-state index in [0.717, 1.165) is 0 Å². The number of halogens is 1. The maximum Gasteiger partial charge on any atom is 0.312 e. The van der Waals surface area contributed by atoms with Crippen molar-refractivity contribution >= 4 is 23.8 Å². The molecule has 0 aliphatic rings. The molecule has 0 fully saturated rings. The predicted molar refractivity (Wildman–Crippen MR) is 51.3 cm³/mol. The van der Waals surface area contributed by atoms with Crippen molar-refractivity contribution in [2.24, 2.45) is 0 Å². The Labute approximate surface area is 81.1 Å². The van der Waals surface area contributed by atoms with Gasteiger partial charge in [0.1, 0.15) is 0 Å². The number of anilines is 1. The number of ether oxygens (including phenoxy) is 1. The highest BCUT2D eigenvalue weighted by atomic mass is 35.5. The van der Waals surface area contributed by atoms with Crippen LogP contribution in [0.15, 0.2) is 18.2 Å². The van der Waals surface area contributed by atoms with Crippen molar-refractivity contribution in [3.63, 3.8) is 0 Å². The molecule has 1 rings (SSSR count). The molecule has 1 aromatic carbocycles. The van der Waals surface area contributed by atoms with Crippen LogP contribution in [0.5, 0.6) is 5.75 Å². The molecule has 72 valence electrons. The Bertz CT molecular complexity index is 317. The minimum atomic E-state index is -0.533. The number of methoxy groups -OCH3 is 1. The van der Waals surface area contributed by atoms with Crippen LogP contribution in [0, 0.1) is 10.1 Å². The molecule has 0 aliphatic heterocycles. The zero-order valence-corrected chi connectivity index (χ0v) is 7.71. The van der Waals surface area contributed by atoms with Gasteiger partial charge in [0.15, 0.2) is 5.75 Å². The average Bonchev–Trinajstić information content (AvgIpc) is 2.04. The Morgan fingerprint density at radius 2 is 2.15 bits per heavy atom. The molecule has 2 N–H and O–H groups in total. The molecule has 1 aromatic rings. The van der Waals surface area contributed by atoms with Crippen molar-refractivity contribution in [1.82, 2.24) is 0 Å². The Balaban J connectivity index is 0.00000144. The lowest BCUT2D eigenvalue weighted by atomic mass is 10.2. The minimum absolute atomic E-state index is 0. The zero-order chi connectivity index (χ0) is 9.14. The largest absolute Gasteiger partial charge is 0.490 e. The Morgan fingerprint density at radius 1 is 1.54 bits per heavy atom. The number of hydrogen-bond acceptors (Lipinski definition) is 4. The van der Waals surface area contributed by atoms with Crippen LogP contribution < -0.4 is 10.5 Å². The summed E-state index contributed by atoms with van der Waals surface area (Å²) >= 11 is 0. The molecule has 13 heavy (non-hydrogen) atoms. The van der Waals surface area contributed by atoms with E-state index in [1.54, 1.807) is 6.07 Å². The number of nitrogens with two attached hydrogens (primary N) is 1. The van der Waals surface area contributed by atoms with E-state index in [2.05, 4.69) is 0 Å². The van der Waals surface area contributed by atoms with Crippen LogP contribution in [0.1, 0.15) is 0 Å². The SMILES string of the molecule is COc1ccc(N)cc1[N+](=O)[O-].Cl. The third-order valence-corrected chi connectivity index (χ3v) is 1.40. The molecule has 0 heterocycles. The Kier molecular flexibility index (Phi) is 4.00. The second kappa shape index (κ2) is 4.51. The summed E-state index contributed by atoms with van der Waals surface area (Å²) in [5.74, 6) is 0.217. The quantitative estimate of drug-likeness (QED) is 0.451. The summed E-state index contributed by atoms with van der Waals surface area (Å²) in [6.07, 6.45) is 0. The van der Waals surface area contributed by atoms with Gasteiger partial charge in [-0.25, -0.2) is 0 Å². The monoisotopic (exact) mass is 204 g/mol. The number of nitro groups is 1. The lowest BCUT2D eigenvalue weighted by Gasteiger charge is -2.00. The fourth-order valence-electron chi connectivity index (χ4n) is 0.850. The van der Waals surface area contributed by atoms with E-state index >= 15 is 0 Å². The van der Waals surface area contributed by atoms with Gasteiger partial charge in [0, 0.05) is 11.8 Å². The van der Waals surface area contributed by atoms with Crippen molar-refractivity contribution in [1.29, 1.82) is 0 Å². The summed E-state index contributed by atoms with van der Waals surface area (Å²) in [6, 6.07) is 4.28. The summed E-state index contributed by atoms with van der Waals surface area (Å²) in [5, 5.41) is 10.4. The van der Waals surface area contributed by atoms with Crippen molar-refractivity contribution in [2.75, 3.05) is 12.8 Å². The first-order valence-corrected chi connectivity index (χ1v) is 3.23. The molecule has 0 atom stereocenters. The number of rotatable bonds is 2. The normalized spacial score (nSPS) is 8.69. The van der Waals surface area contributed by atoms with E-state index in [-0.39, 0.29) is 23.8 Å². The number of nitro benzene ring substituents is 1. The molecule has 0 aromatic heterocycles. The predicted octanol–water partition coefficient (Wildman–Crippen LogP) is 1.61. The Hall–Kier alpha value is -1.49. The average molecular weight is 205 g/mol. The van der Waals surface area contributed by atoms with Crippen molar-refractivity contribution in [3.8, 4) is 5.75 Å². The van der Waals surface area contributed by atoms with E-state index < -0.39 is 4.92 Å². The van der Waals surface area contributed by atoms with Crippen LogP contribution in [0.3, 0.4) is 0 Å². The highest BCUT2D eigenvalue weighted by molar-refractivity contribution is 5.85. The van der Waals surface area contributed by atoms with Gasteiger partial charge in [0.25, 0.3) is 0 Å². The molecule has 0 radical (unpaired) electrons. The molecule has 0 unspecified atom stereocenters. The van der Waals surface area contributed by atoms with Crippen LogP contribution in [0.4, 0.5) is 11.4 Å². The van der Waals surface area contributed by atoms with Gasteiger partial charge in [0.05, 0.1) is 12.0 Å². The highest BCUT2D eigenvalue weighted by Crippen LogP contribution is 2.27. The standard InChI is InChI=1S/C7H8N2O3.ClH/c1-12-7-3-2-5(8)4-6(7)9(10)11;/h2-4H,8H2,1H3;1H. The topological polar surface area (TPSA) is 78.4 Å².